The Bertz CT molecular complexity index is 1850. The summed E-state index contributed by atoms with van der Waals surface area (Å²) in [6.07, 6.45) is 9.86. The molecule has 9 heteroatoms. The fourth-order valence-electron chi connectivity index (χ4n) is 11.7. The maximum Gasteiger partial charge on any atom is 0.308 e. The molecule has 8 unspecified atom stereocenters. The third kappa shape index (κ3) is 6.58. The van der Waals surface area contributed by atoms with Crippen LogP contribution in [0.25, 0.3) is 0 Å². The second-order valence-electron chi connectivity index (χ2n) is 17.6. The van der Waals surface area contributed by atoms with Crippen LogP contribution in [0, 0.1) is 34.5 Å². The van der Waals surface area contributed by atoms with Crippen LogP contribution in [0.3, 0.4) is 0 Å². The van der Waals surface area contributed by atoms with E-state index in [9.17, 15) is 14.4 Å². The molecule has 9 nitrogen and oxygen atoms in total. The van der Waals surface area contributed by atoms with Crippen LogP contribution < -0.4 is 4.90 Å². The van der Waals surface area contributed by atoms with E-state index in [0.29, 0.717) is 23.5 Å². The van der Waals surface area contributed by atoms with Gasteiger partial charge in [0.1, 0.15) is 17.7 Å². The molecular weight excluding hydrogens is 677 g/mol. The first-order chi connectivity index (χ1) is 26.0. The minimum Gasteiger partial charge on any atom is -0.462 e. The molecule has 0 N–H and O–H groups in total. The molecule has 2 aromatic rings. The molecule has 6 aliphatic rings. The number of amidine groups is 1. The number of para-hydroxylation sites is 3. The van der Waals surface area contributed by atoms with Crippen molar-refractivity contribution in [3.05, 3.63) is 65.7 Å². The first kappa shape index (κ1) is 37.0. The van der Waals surface area contributed by atoms with E-state index in [1.54, 1.807) is 6.92 Å². The molecule has 4 fully saturated rings. The van der Waals surface area contributed by atoms with Crippen molar-refractivity contribution in [3.8, 4) is 0 Å². The topological polar surface area (TPSA) is 91.7 Å². The lowest BCUT2D eigenvalue weighted by atomic mass is 9.47. The van der Waals surface area contributed by atoms with Gasteiger partial charge in [-0.3, -0.25) is 14.4 Å². The van der Waals surface area contributed by atoms with Crippen LogP contribution in [0.4, 0.5) is 17.1 Å². The van der Waals surface area contributed by atoms with Gasteiger partial charge in [0.05, 0.1) is 29.9 Å². The number of fused-ring (bicyclic) bond motifs is 7. The third-order valence-corrected chi connectivity index (χ3v) is 14.6. The summed E-state index contributed by atoms with van der Waals surface area (Å²) in [5.41, 5.74) is 5.34. The number of piperazine rings is 1. The number of benzene rings is 2. The van der Waals surface area contributed by atoms with E-state index >= 15 is 0 Å². The first-order valence-electron chi connectivity index (χ1n) is 20.5. The number of esters is 2. The maximum atomic E-state index is 13.3. The molecule has 8 atom stereocenters. The van der Waals surface area contributed by atoms with Crippen LogP contribution in [0.2, 0.25) is 0 Å². The lowest BCUT2D eigenvalue weighted by Gasteiger charge is -2.58. The molecule has 0 radical (unpaired) electrons. The number of carbonyl (C=O) groups is 3. The molecule has 0 spiro atoms. The summed E-state index contributed by atoms with van der Waals surface area (Å²) < 4.78 is 12.1. The number of hydrogen-bond donors (Lipinski definition) is 0. The van der Waals surface area contributed by atoms with Crippen molar-refractivity contribution < 1.29 is 23.9 Å². The maximum absolute atomic E-state index is 13.3. The second-order valence-corrected chi connectivity index (χ2v) is 17.6. The number of ketones is 1. The van der Waals surface area contributed by atoms with Gasteiger partial charge in [-0.1, -0.05) is 49.8 Å². The van der Waals surface area contributed by atoms with Gasteiger partial charge < -0.3 is 24.2 Å². The number of likely N-dealkylation sites (N-methyl/N-ethyl adjacent to an activating group) is 1. The highest BCUT2D eigenvalue weighted by atomic mass is 16.6. The van der Waals surface area contributed by atoms with E-state index in [0.717, 1.165) is 93.2 Å². The van der Waals surface area contributed by atoms with Crippen LogP contribution in [0.5, 0.6) is 0 Å². The molecule has 4 aliphatic carbocycles. The molecule has 2 heterocycles. The average Bonchev–Trinajstić information content (AvgIpc) is 3.44. The Labute approximate surface area is 321 Å². The molecule has 1 saturated heterocycles. The van der Waals surface area contributed by atoms with Gasteiger partial charge in [-0.15, -0.1) is 0 Å². The van der Waals surface area contributed by atoms with Gasteiger partial charge in [0.25, 0.3) is 0 Å². The lowest BCUT2D eigenvalue weighted by molar-refractivity contribution is -0.156. The van der Waals surface area contributed by atoms with Crippen LogP contribution in [-0.2, 0) is 23.9 Å². The molecular formula is C45H58N4O5. The molecule has 8 rings (SSSR count). The van der Waals surface area contributed by atoms with Gasteiger partial charge in [0.15, 0.2) is 6.23 Å². The van der Waals surface area contributed by atoms with Crippen LogP contribution >= 0.6 is 0 Å². The Kier molecular flexibility index (Phi) is 9.99. The summed E-state index contributed by atoms with van der Waals surface area (Å²) in [5.74, 6) is 2.64. The van der Waals surface area contributed by atoms with E-state index in [4.69, 9.17) is 14.5 Å². The molecule has 3 saturated carbocycles. The predicted molar refractivity (Wildman–Crippen MR) is 211 cm³/mol. The summed E-state index contributed by atoms with van der Waals surface area (Å²) >= 11 is 0. The fraction of sp³-hybridized carbons (Fsp3) is 0.600. The van der Waals surface area contributed by atoms with E-state index in [2.05, 4.69) is 53.8 Å². The molecule has 54 heavy (non-hydrogen) atoms. The van der Waals surface area contributed by atoms with Crippen molar-refractivity contribution in [2.75, 3.05) is 38.1 Å². The summed E-state index contributed by atoms with van der Waals surface area (Å²) in [6, 6.07) is 16.2. The number of rotatable bonds is 7. The zero-order chi connectivity index (χ0) is 37.8. The predicted octanol–water partition coefficient (Wildman–Crippen LogP) is 8.21. The van der Waals surface area contributed by atoms with E-state index in [1.807, 2.05) is 43.3 Å². The third-order valence-electron chi connectivity index (χ3n) is 14.6. The van der Waals surface area contributed by atoms with Crippen molar-refractivity contribution in [2.45, 2.75) is 104 Å². The standard InChI is InChI=1S/C45H58N4O5/c1-29(50)35-16-17-36-33-15-14-31-28-32(20-22-44(31,3)37(33)21-23-45(35,36)4)54-42(52)19-18-41(51)53-30(2)49-39-12-8-6-10-34(39)43(48-26-24-47(5)25-27-48)46-38-11-7-9-13-40(38)49/h6-14,30,32-33,35-37H,15-28H2,1-5H3. The van der Waals surface area contributed by atoms with Crippen LogP contribution in [0.1, 0.15) is 97.5 Å². The van der Waals surface area contributed by atoms with Crippen molar-refractivity contribution in [3.63, 3.8) is 0 Å². The highest BCUT2D eigenvalue weighted by Gasteiger charge is 2.59. The van der Waals surface area contributed by atoms with E-state index in [1.165, 1.54) is 18.4 Å². The lowest BCUT2D eigenvalue weighted by Crippen LogP contribution is -2.51. The minimum atomic E-state index is -0.633. The molecule has 0 aromatic heterocycles. The smallest absolute Gasteiger partial charge is 0.308 e. The fourth-order valence-corrected chi connectivity index (χ4v) is 11.7. The zero-order valence-corrected chi connectivity index (χ0v) is 32.9. The van der Waals surface area contributed by atoms with Crippen molar-refractivity contribution >= 4 is 40.6 Å². The normalized spacial score (nSPS) is 32.4. The Morgan fingerprint density at radius 3 is 2.37 bits per heavy atom. The quantitative estimate of drug-likeness (QED) is 0.208. The van der Waals surface area contributed by atoms with Gasteiger partial charge in [-0.25, -0.2) is 4.99 Å². The molecule has 2 aliphatic heterocycles. The van der Waals surface area contributed by atoms with Gasteiger partial charge >= 0.3 is 11.9 Å². The monoisotopic (exact) mass is 734 g/mol. The Morgan fingerprint density at radius 1 is 0.870 bits per heavy atom. The SMILES string of the molecule is CC(=O)C1CCC2C3CC=C4CC(OC(=O)CCC(=O)OC(C)N5c6ccccc6N=C(N6CCN(C)CC6)c6ccccc65)CCC4(C)C3CCC12C. The van der Waals surface area contributed by atoms with E-state index in [-0.39, 0.29) is 41.7 Å². The van der Waals surface area contributed by atoms with Gasteiger partial charge in [-0.05, 0) is 119 Å². The second kappa shape index (κ2) is 14.6. The van der Waals surface area contributed by atoms with Crippen molar-refractivity contribution in [1.29, 1.82) is 0 Å². The Morgan fingerprint density at radius 2 is 1.59 bits per heavy atom. The van der Waals surface area contributed by atoms with Crippen LogP contribution in [-0.4, -0.2) is 78.9 Å². The summed E-state index contributed by atoms with van der Waals surface area (Å²) in [4.78, 5) is 51.0. The Hall–Kier alpha value is -3.98. The van der Waals surface area contributed by atoms with Gasteiger partial charge in [0, 0.05) is 44.1 Å². The first-order valence-corrected chi connectivity index (χ1v) is 20.5. The molecule has 288 valence electrons. The zero-order valence-electron chi connectivity index (χ0n) is 32.9. The highest BCUT2D eigenvalue weighted by molar-refractivity contribution is 6.08. The average molecular weight is 735 g/mol. The number of nitrogens with zero attached hydrogens (tertiary/aromatic N) is 4. The van der Waals surface area contributed by atoms with Crippen molar-refractivity contribution in [1.82, 2.24) is 9.80 Å². The number of aliphatic imine (C=N–C) groups is 1. The number of anilines is 2. The summed E-state index contributed by atoms with van der Waals surface area (Å²) in [5, 5.41) is 0. The number of allylic oxidation sites excluding steroid dienone is 1. The number of ether oxygens (including phenoxy) is 2. The number of Topliss-reactive ketones (excluding diaryl/α,β-unsaturated/α-hetero) is 1. The highest BCUT2D eigenvalue weighted by Crippen LogP contribution is 2.66. The molecule has 0 amide bonds. The van der Waals surface area contributed by atoms with Gasteiger partial charge in [-0.2, -0.15) is 0 Å². The Balaban J connectivity index is 0.886. The number of hydrogen-bond acceptors (Lipinski definition) is 9. The summed E-state index contributed by atoms with van der Waals surface area (Å²) in [7, 11) is 2.15. The van der Waals surface area contributed by atoms with E-state index < -0.39 is 12.2 Å². The van der Waals surface area contributed by atoms with Crippen LogP contribution in [0.15, 0.2) is 65.2 Å². The minimum absolute atomic E-state index is 0.00944. The van der Waals surface area contributed by atoms with Crippen molar-refractivity contribution in [2.24, 2.45) is 39.5 Å². The van der Waals surface area contributed by atoms with Gasteiger partial charge in [0.2, 0.25) is 0 Å². The molecule has 0 bridgehead atoms. The largest absolute Gasteiger partial charge is 0.462 e. The molecule has 2 aromatic carbocycles. The summed E-state index contributed by atoms with van der Waals surface area (Å²) in [6.45, 7) is 12.2. The number of carbonyl (C=O) groups excluding carboxylic acids is 3.